The first kappa shape index (κ1) is 20.9. The van der Waals surface area contributed by atoms with E-state index in [9.17, 15) is 9.59 Å². The molecular weight excluding hydrogens is 416 g/mol. The molecule has 0 saturated carbocycles. The third-order valence-corrected chi connectivity index (χ3v) is 5.64. The van der Waals surface area contributed by atoms with Gasteiger partial charge in [-0.15, -0.1) is 0 Å². The lowest BCUT2D eigenvalue weighted by molar-refractivity contribution is 0.0734. The minimum atomic E-state index is -0.353. The third kappa shape index (κ3) is 4.27. The first-order valence-corrected chi connectivity index (χ1v) is 10.4. The van der Waals surface area contributed by atoms with Crippen LogP contribution in [0.5, 0.6) is 5.75 Å². The quantitative estimate of drug-likeness (QED) is 0.626. The van der Waals surface area contributed by atoms with E-state index in [-0.39, 0.29) is 22.9 Å². The summed E-state index contributed by atoms with van der Waals surface area (Å²) in [4.78, 5) is 29.8. The molecule has 2 aromatic carbocycles. The van der Waals surface area contributed by atoms with Crippen molar-refractivity contribution in [1.29, 1.82) is 0 Å². The number of halogens is 1. The third-order valence-electron chi connectivity index (χ3n) is 5.40. The van der Waals surface area contributed by atoms with Gasteiger partial charge in [-0.05, 0) is 36.8 Å². The lowest BCUT2D eigenvalue weighted by Crippen LogP contribution is -2.49. The number of piperazine rings is 1. The fraction of sp³-hybridized carbons (Fsp3) is 0.261. The Hall–Kier alpha value is -3.32. The van der Waals surface area contributed by atoms with Crippen molar-refractivity contribution < 1.29 is 9.53 Å². The highest BCUT2D eigenvalue weighted by Gasteiger charge is 2.27. The van der Waals surface area contributed by atoms with Gasteiger partial charge in [-0.3, -0.25) is 9.59 Å². The molecule has 0 bridgehead atoms. The van der Waals surface area contributed by atoms with Crippen molar-refractivity contribution in [2.24, 2.45) is 0 Å². The first-order chi connectivity index (χ1) is 15.0. The average molecular weight is 439 g/mol. The van der Waals surface area contributed by atoms with E-state index in [1.807, 2.05) is 49.4 Å². The number of methoxy groups -OCH3 is 1. The Bertz CT molecular complexity index is 1170. The Morgan fingerprint density at radius 2 is 1.77 bits per heavy atom. The molecule has 0 N–H and O–H groups in total. The van der Waals surface area contributed by atoms with E-state index in [1.54, 1.807) is 11.0 Å². The maximum absolute atomic E-state index is 13.3. The lowest BCUT2D eigenvalue weighted by atomic mass is 10.2. The van der Waals surface area contributed by atoms with Gasteiger partial charge in [0.15, 0.2) is 11.4 Å². The van der Waals surface area contributed by atoms with Gasteiger partial charge in [0.25, 0.3) is 11.5 Å². The predicted octanol–water partition coefficient (Wildman–Crippen LogP) is 3.17. The van der Waals surface area contributed by atoms with Crippen LogP contribution in [0.2, 0.25) is 5.02 Å². The molecule has 0 aliphatic carbocycles. The molecule has 1 fully saturated rings. The predicted molar refractivity (Wildman–Crippen MR) is 121 cm³/mol. The summed E-state index contributed by atoms with van der Waals surface area (Å²) in [5, 5.41) is 5.08. The van der Waals surface area contributed by atoms with Gasteiger partial charge in [-0.1, -0.05) is 35.9 Å². The number of ether oxygens (including phenoxy) is 1. The maximum atomic E-state index is 13.3. The van der Waals surface area contributed by atoms with E-state index in [0.29, 0.717) is 36.9 Å². The molecule has 3 aromatic rings. The SMILES string of the molecule is COc1cc(=O)n(-c2ccccc2C)nc1C(=O)N1CCN(c2cccc(Cl)c2)CC1. The number of aromatic nitrogens is 2. The van der Waals surface area contributed by atoms with E-state index in [0.717, 1.165) is 11.3 Å². The van der Waals surface area contributed by atoms with Crippen LogP contribution < -0.4 is 15.2 Å². The zero-order valence-corrected chi connectivity index (χ0v) is 18.2. The molecule has 1 saturated heterocycles. The van der Waals surface area contributed by atoms with Crippen LogP contribution in [-0.2, 0) is 0 Å². The van der Waals surface area contributed by atoms with E-state index >= 15 is 0 Å². The fourth-order valence-corrected chi connectivity index (χ4v) is 3.89. The number of carbonyl (C=O) groups excluding carboxylic acids is 1. The molecule has 4 rings (SSSR count). The van der Waals surface area contributed by atoms with Crippen molar-refractivity contribution in [2.45, 2.75) is 6.92 Å². The summed E-state index contributed by atoms with van der Waals surface area (Å²) in [5.74, 6) is -0.0815. The van der Waals surface area contributed by atoms with Crippen LogP contribution in [0.3, 0.4) is 0 Å². The second kappa shape index (κ2) is 8.81. The second-order valence-electron chi connectivity index (χ2n) is 7.36. The molecule has 0 spiro atoms. The topological polar surface area (TPSA) is 67.7 Å². The molecule has 0 unspecified atom stereocenters. The number of benzene rings is 2. The number of nitrogens with zero attached hydrogens (tertiary/aromatic N) is 4. The van der Waals surface area contributed by atoms with Crippen molar-refractivity contribution in [3.05, 3.63) is 81.2 Å². The van der Waals surface area contributed by atoms with Crippen molar-refractivity contribution in [3.63, 3.8) is 0 Å². The molecule has 1 aliphatic heterocycles. The van der Waals surface area contributed by atoms with Gasteiger partial charge in [0.05, 0.1) is 18.9 Å². The maximum Gasteiger partial charge on any atom is 0.278 e. The van der Waals surface area contributed by atoms with Crippen LogP contribution in [0.1, 0.15) is 16.1 Å². The number of carbonyl (C=O) groups is 1. The molecule has 31 heavy (non-hydrogen) atoms. The van der Waals surface area contributed by atoms with Crippen LogP contribution in [0.15, 0.2) is 59.4 Å². The van der Waals surface area contributed by atoms with Gasteiger partial charge in [0.2, 0.25) is 0 Å². The Morgan fingerprint density at radius 3 is 2.45 bits per heavy atom. The summed E-state index contributed by atoms with van der Waals surface area (Å²) in [5.41, 5.74) is 2.32. The number of hydrogen-bond donors (Lipinski definition) is 0. The van der Waals surface area contributed by atoms with E-state index in [4.69, 9.17) is 16.3 Å². The standard InChI is InChI=1S/C23H23ClN4O3/c1-16-6-3-4-9-19(16)28-21(29)15-20(31-2)22(25-28)23(30)27-12-10-26(11-13-27)18-8-5-7-17(24)14-18/h3-9,14-15H,10-13H2,1-2H3. The van der Waals surface area contributed by atoms with Gasteiger partial charge in [0, 0.05) is 36.9 Å². The molecular formula is C23H23ClN4O3. The number of hydrogen-bond acceptors (Lipinski definition) is 5. The van der Waals surface area contributed by atoms with E-state index in [1.165, 1.54) is 17.9 Å². The summed E-state index contributed by atoms with van der Waals surface area (Å²) in [6.45, 7) is 4.29. The average Bonchev–Trinajstić information content (AvgIpc) is 2.79. The molecule has 2 heterocycles. The molecule has 7 nitrogen and oxygen atoms in total. The van der Waals surface area contributed by atoms with E-state index in [2.05, 4.69) is 10.00 Å². The molecule has 0 radical (unpaired) electrons. The van der Waals surface area contributed by atoms with Crippen LogP contribution in [0, 0.1) is 6.92 Å². The molecule has 1 aromatic heterocycles. The highest BCUT2D eigenvalue weighted by Crippen LogP contribution is 2.23. The Balaban J connectivity index is 1.59. The first-order valence-electron chi connectivity index (χ1n) is 10.0. The van der Waals surface area contributed by atoms with Crippen LogP contribution in [-0.4, -0.2) is 53.9 Å². The molecule has 1 aliphatic rings. The largest absolute Gasteiger partial charge is 0.494 e. The van der Waals surface area contributed by atoms with Crippen molar-refractivity contribution >= 4 is 23.2 Å². The summed E-state index contributed by atoms with van der Waals surface area (Å²) in [6, 6.07) is 16.4. The summed E-state index contributed by atoms with van der Waals surface area (Å²) < 4.78 is 6.57. The van der Waals surface area contributed by atoms with Crippen molar-refractivity contribution in [3.8, 4) is 11.4 Å². The summed E-state index contributed by atoms with van der Waals surface area (Å²) >= 11 is 6.10. The van der Waals surface area contributed by atoms with Gasteiger partial charge in [-0.2, -0.15) is 9.78 Å². The highest BCUT2D eigenvalue weighted by molar-refractivity contribution is 6.30. The Labute approximate surface area is 185 Å². The van der Waals surface area contributed by atoms with Gasteiger partial charge in [-0.25, -0.2) is 0 Å². The molecule has 0 atom stereocenters. The Morgan fingerprint density at radius 1 is 1.03 bits per heavy atom. The fourth-order valence-electron chi connectivity index (χ4n) is 3.71. The molecule has 8 heteroatoms. The monoisotopic (exact) mass is 438 g/mol. The summed E-state index contributed by atoms with van der Waals surface area (Å²) in [6.07, 6.45) is 0. The second-order valence-corrected chi connectivity index (χ2v) is 7.79. The number of aryl methyl sites for hydroxylation is 1. The van der Waals surface area contributed by atoms with Crippen LogP contribution in [0.25, 0.3) is 5.69 Å². The minimum Gasteiger partial charge on any atom is -0.494 e. The van der Waals surface area contributed by atoms with Crippen molar-refractivity contribution in [2.75, 3.05) is 38.2 Å². The van der Waals surface area contributed by atoms with Gasteiger partial charge >= 0.3 is 0 Å². The normalized spacial score (nSPS) is 13.9. The van der Waals surface area contributed by atoms with Crippen LogP contribution >= 0.6 is 11.6 Å². The van der Waals surface area contributed by atoms with Crippen molar-refractivity contribution in [1.82, 2.24) is 14.7 Å². The number of rotatable bonds is 4. The number of para-hydroxylation sites is 1. The molecule has 1 amide bonds. The lowest BCUT2D eigenvalue weighted by Gasteiger charge is -2.36. The Kier molecular flexibility index (Phi) is 5.95. The zero-order valence-electron chi connectivity index (χ0n) is 17.4. The smallest absolute Gasteiger partial charge is 0.278 e. The van der Waals surface area contributed by atoms with Gasteiger partial charge < -0.3 is 14.5 Å². The van der Waals surface area contributed by atoms with Gasteiger partial charge in [0.1, 0.15) is 0 Å². The zero-order chi connectivity index (χ0) is 22.0. The molecule has 160 valence electrons. The van der Waals surface area contributed by atoms with E-state index < -0.39 is 0 Å². The minimum absolute atomic E-state index is 0.126. The van der Waals surface area contributed by atoms with Crippen LogP contribution in [0.4, 0.5) is 5.69 Å². The number of anilines is 1. The number of amides is 1. The summed E-state index contributed by atoms with van der Waals surface area (Å²) in [7, 11) is 1.43. The highest BCUT2D eigenvalue weighted by atomic mass is 35.5.